The van der Waals surface area contributed by atoms with Crippen LogP contribution in [0.4, 0.5) is 13.8 Å². The number of thiophene rings is 1. The number of nitrogen functional groups attached to an aromatic ring is 1. The smallest absolute Gasteiger partial charge is 0.135 e. The number of halogens is 2. The molecular weight excluding hydrogens is 256 g/mol. The minimum absolute atomic E-state index is 0.107. The van der Waals surface area contributed by atoms with Crippen LogP contribution in [0.1, 0.15) is 19.4 Å². The molecule has 0 aliphatic carbocycles. The summed E-state index contributed by atoms with van der Waals surface area (Å²) in [5.41, 5.74) is 4.36. The largest absolute Gasteiger partial charge is 0.391 e. The Kier molecular flexibility index (Phi) is 3.12. The lowest BCUT2D eigenvalue weighted by Crippen LogP contribution is -2.16. The molecule has 1 aromatic carbocycles. The van der Waals surface area contributed by atoms with E-state index in [1.54, 1.807) is 12.1 Å². The van der Waals surface area contributed by atoms with Crippen LogP contribution in [0.3, 0.4) is 0 Å². The molecule has 1 aromatic heterocycles. The van der Waals surface area contributed by atoms with E-state index in [1.165, 1.54) is 13.8 Å². The van der Waals surface area contributed by atoms with Gasteiger partial charge in [0.1, 0.15) is 11.6 Å². The van der Waals surface area contributed by atoms with Gasteiger partial charge in [-0.15, -0.1) is 11.3 Å². The zero-order valence-corrected chi connectivity index (χ0v) is 10.8. The van der Waals surface area contributed by atoms with Gasteiger partial charge in [-0.3, -0.25) is 0 Å². The lowest BCUT2D eigenvalue weighted by molar-refractivity contribution is 0.0779. The van der Waals surface area contributed by atoms with Gasteiger partial charge >= 0.3 is 0 Å². The predicted octanol–water partition coefficient (Wildman–Crippen LogP) is 3.50. The number of anilines is 1. The van der Waals surface area contributed by atoms with Gasteiger partial charge in [0.05, 0.1) is 16.2 Å². The number of benzene rings is 1. The summed E-state index contributed by atoms with van der Waals surface area (Å²) in [4.78, 5) is 0.435. The van der Waals surface area contributed by atoms with Crippen LogP contribution in [0.25, 0.3) is 10.4 Å². The highest BCUT2D eigenvalue weighted by molar-refractivity contribution is 7.19. The van der Waals surface area contributed by atoms with Crippen molar-refractivity contribution in [1.82, 2.24) is 0 Å². The molecule has 0 radical (unpaired) electrons. The minimum atomic E-state index is -1.28. The molecule has 5 heteroatoms. The van der Waals surface area contributed by atoms with Crippen molar-refractivity contribution in [2.75, 3.05) is 5.73 Å². The Balaban J connectivity index is 2.58. The quantitative estimate of drug-likeness (QED) is 0.876. The van der Waals surface area contributed by atoms with E-state index in [4.69, 9.17) is 5.73 Å². The summed E-state index contributed by atoms with van der Waals surface area (Å²) in [5, 5.41) is 10.2. The molecule has 0 aliphatic rings. The molecule has 2 nitrogen and oxygen atoms in total. The highest BCUT2D eigenvalue weighted by atomic mass is 32.1. The van der Waals surface area contributed by atoms with Crippen LogP contribution in [-0.2, 0) is 5.60 Å². The van der Waals surface area contributed by atoms with E-state index >= 15 is 0 Å². The van der Waals surface area contributed by atoms with Gasteiger partial charge in [0, 0.05) is 4.88 Å². The fourth-order valence-electron chi connectivity index (χ4n) is 1.65. The van der Waals surface area contributed by atoms with Crippen molar-refractivity contribution in [2.24, 2.45) is 0 Å². The van der Waals surface area contributed by atoms with Crippen LogP contribution in [-0.4, -0.2) is 5.11 Å². The van der Waals surface area contributed by atoms with Gasteiger partial charge in [-0.05, 0) is 43.7 Å². The molecule has 3 N–H and O–H groups in total. The first kappa shape index (κ1) is 13.0. The Morgan fingerprint density at radius 3 is 2.11 bits per heavy atom. The summed E-state index contributed by atoms with van der Waals surface area (Å²) in [6, 6.07) is 5.47. The Hall–Kier alpha value is -1.46. The first-order chi connectivity index (χ1) is 8.29. The molecule has 0 spiro atoms. The Labute approximate surface area is 108 Å². The normalized spacial score (nSPS) is 11.8. The maximum atomic E-state index is 14.0. The van der Waals surface area contributed by atoms with Crippen molar-refractivity contribution in [3.05, 3.63) is 41.5 Å². The molecule has 1 heterocycles. The zero-order valence-electron chi connectivity index (χ0n) is 10.00. The van der Waals surface area contributed by atoms with E-state index in [0.717, 1.165) is 23.5 Å². The molecule has 0 saturated heterocycles. The first-order valence-corrected chi connectivity index (χ1v) is 6.18. The van der Waals surface area contributed by atoms with Crippen molar-refractivity contribution in [3.63, 3.8) is 0 Å². The molecule has 0 saturated carbocycles. The van der Waals surface area contributed by atoms with E-state index in [9.17, 15) is 13.9 Å². The van der Waals surface area contributed by atoms with E-state index in [0.29, 0.717) is 9.88 Å². The van der Waals surface area contributed by atoms with Crippen LogP contribution in [0, 0.1) is 11.6 Å². The molecular formula is C13H13F2NOS. The number of hydrogen-bond acceptors (Lipinski definition) is 3. The van der Waals surface area contributed by atoms with Gasteiger partial charge in [0.15, 0.2) is 0 Å². The monoisotopic (exact) mass is 269 g/mol. The van der Waals surface area contributed by atoms with Gasteiger partial charge in [-0.2, -0.15) is 0 Å². The summed E-state index contributed by atoms with van der Waals surface area (Å²) in [6.07, 6.45) is 0. The molecule has 0 unspecified atom stereocenters. The summed E-state index contributed by atoms with van der Waals surface area (Å²) < 4.78 is 27.9. The van der Waals surface area contributed by atoms with Gasteiger partial charge < -0.3 is 10.8 Å². The third-order valence-corrected chi connectivity index (χ3v) is 3.55. The summed E-state index contributed by atoms with van der Waals surface area (Å²) >= 11 is 1.12. The van der Waals surface area contributed by atoms with Gasteiger partial charge in [0.2, 0.25) is 0 Å². The van der Waals surface area contributed by atoms with Crippen molar-refractivity contribution in [1.29, 1.82) is 0 Å². The highest BCUT2D eigenvalue weighted by Gasteiger charge is 2.22. The van der Waals surface area contributed by atoms with Crippen LogP contribution in [0.2, 0.25) is 0 Å². The third-order valence-electron chi connectivity index (χ3n) is 2.62. The van der Waals surface area contributed by atoms with E-state index in [2.05, 4.69) is 0 Å². The minimum Gasteiger partial charge on any atom is -0.391 e. The second-order valence-corrected chi connectivity index (χ2v) is 5.69. The maximum absolute atomic E-state index is 14.0. The molecule has 0 amide bonds. The predicted molar refractivity (Wildman–Crippen MR) is 69.3 cm³/mol. The van der Waals surface area contributed by atoms with Gasteiger partial charge in [0.25, 0.3) is 0 Å². The summed E-state index contributed by atoms with van der Waals surface area (Å²) in [6.45, 7) is 2.95. The summed E-state index contributed by atoms with van der Waals surface area (Å²) in [7, 11) is 0. The zero-order chi connectivity index (χ0) is 13.5. The Bertz CT molecular complexity index is 564. The van der Waals surface area contributed by atoms with Crippen LogP contribution in [0.15, 0.2) is 24.3 Å². The van der Waals surface area contributed by atoms with Crippen LogP contribution < -0.4 is 5.73 Å². The van der Waals surface area contributed by atoms with Crippen LogP contribution >= 0.6 is 11.3 Å². The summed E-state index contributed by atoms with van der Waals surface area (Å²) in [5.74, 6) is -1.40. The average molecular weight is 269 g/mol. The van der Waals surface area contributed by atoms with Crippen molar-refractivity contribution in [2.45, 2.75) is 19.4 Å². The Morgan fingerprint density at radius 2 is 1.72 bits per heavy atom. The second kappa shape index (κ2) is 4.33. The SMILES string of the molecule is CC(C)(O)c1cc(F)c(-c2ccc(N)s2)c(F)c1. The molecule has 2 rings (SSSR count). The molecule has 0 fully saturated rings. The lowest BCUT2D eigenvalue weighted by Gasteiger charge is -2.18. The number of hydrogen-bond donors (Lipinski definition) is 2. The van der Waals surface area contributed by atoms with Crippen LogP contribution in [0.5, 0.6) is 0 Å². The highest BCUT2D eigenvalue weighted by Crippen LogP contribution is 2.35. The van der Waals surface area contributed by atoms with Crippen molar-refractivity contribution >= 4 is 16.3 Å². The van der Waals surface area contributed by atoms with Gasteiger partial charge in [-0.25, -0.2) is 8.78 Å². The fourth-order valence-corrected chi connectivity index (χ4v) is 2.47. The van der Waals surface area contributed by atoms with Crippen molar-refractivity contribution < 1.29 is 13.9 Å². The molecule has 0 atom stereocenters. The van der Waals surface area contributed by atoms with Crippen molar-refractivity contribution in [3.8, 4) is 10.4 Å². The second-order valence-electron chi connectivity index (χ2n) is 4.58. The van der Waals surface area contributed by atoms with E-state index < -0.39 is 17.2 Å². The first-order valence-electron chi connectivity index (χ1n) is 5.36. The third kappa shape index (κ3) is 2.37. The number of nitrogens with two attached hydrogens (primary N) is 1. The lowest BCUT2D eigenvalue weighted by atomic mass is 9.96. The average Bonchev–Trinajstić information content (AvgIpc) is 2.62. The Morgan fingerprint density at radius 1 is 1.17 bits per heavy atom. The van der Waals surface area contributed by atoms with E-state index in [-0.39, 0.29) is 11.1 Å². The molecule has 0 bridgehead atoms. The molecule has 96 valence electrons. The topological polar surface area (TPSA) is 46.2 Å². The molecule has 0 aliphatic heterocycles. The van der Waals surface area contributed by atoms with Gasteiger partial charge in [-0.1, -0.05) is 0 Å². The van der Waals surface area contributed by atoms with E-state index in [1.807, 2.05) is 0 Å². The maximum Gasteiger partial charge on any atom is 0.135 e. The standard InChI is InChI=1S/C13H13F2NOS/c1-13(2,17)7-5-8(14)12(9(15)6-7)10-3-4-11(16)18-10/h3-6,17H,16H2,1-2H3. The number of rotatable bonds is 2. The molecule has 18 heavy (non-hydrogen) atoms. The fraction of sp³-hybridized carbons (Fsp3) is 0.231. The molecule has 2 aromatic rings. The number of aliphatic hydroxyl groups is 1.